The van der Waals surface area contributed by atoms with Crippen LogP contribution >= 0.6 is 0 Å². The number of ketones is 1. The Kier molecular flexibility index (Phi) is 3.48. The van der Waals surface area contributed by atoms with Crippen molar-refractivity contribution in [1.29, 1.82) is 10.5 Å². The fraction of sp³-hybridized carbons (Fsp3) is 0.0625. The Morgan fingerprint density at radius 2 is 1.64 bits per heavy atom. The van der Waals surface area contributed by atoms with Gasteiger partial charge in [-0.1, -0.05) is 24.3 Å². The molecule has 0 spiro atoms. The van der Waals surface area contributed by atoms with Crippen molar-refractivity contribution in [3.63, 3.8) is 0 Å². The molecule has 120 valence electrons. The molecular weight excluding hydrogens is 328 g/mol. The summed E-state index contributed by atoms with van der Waals surface area (Å²) in [7, 11) is 0. The minimum Gasteiger partial charge on any atom is -0.282 e. The van der Waals surface area contributed by atoms with Crippen LogP contribution in [0.15, 0.2) is 52.4 Å². The Hall–Kier alpha value is -4.11. The summed E-state index contributed by atoms with van der Waals surface area (Å²) in [6.45, 7) is 0. The first-order chi connectivity index (χ1) is 11.9. The Bertz CT molecular complexity index is 1050. The second-order valence-electron chi connectivity index (χ2n) is 5.20. The highest BCUT2D eigenvalue weighted by molar-refractivity contribution is 6.19. The molecule has 1 aromatic carbocycles. The van der Waals surface area contributed by atoms with E-state index in [1.807, 2.05) is 0 Å². The topological polar surface area (TPSA) is 151 Å². The Labute approximate surface area is 139 Å². The molecule has 0 atom stereocenters. The van der Waals surface area contributed by atoms with E-state index in [1.165, 1.54) is 12.1 Å². The maximum absolute atomic E-state index is 12.5. The number of allylic oxidation sites excluding steroid dienone is 3. The number of nitrogens with zero attached hydrogens (tertiary/aromatic N) is 4. The van der Waals surface area contributed by atoms with E-state index in [-0.39, 0.29) is 17.6 Å². The van der Waals surface area contributed by atoms with Crippen LogP contribution in [0.4, 0.5) is 0 Å². The number of nitriles is 2. The molecule has 2 aliphatic rings. The third kappa shape index (κ3) is 2.11. The maximum Gasteiger partial charge on any atom is 0.393 e. The minimum absolute atomic E-state index is 0.0171. The van der Waals surface area contributed by atoms with Gasteiger partial charge in [0.15, 0.2) is 0 Å². The molecule has 0 fully saturated rings. The first kappa shape index (κ1) is 15.8. The van der Waals surface area contributed by atoms with Crippen molar-refractivity contribution < 1.29 is 14.6 Å². The first-order valence-electron chi connectivity index (χ1n) is 6.86. The van der Waals surface area contributed by atoms with Crippen molar-refractivity contribution in [3.8, 4) is 12.1 Å². The molecule has 0 aromatic heterocycles. The van der Waals surface area contributed by atoms with E-state index in [0.29, 0.717) is 11.1 Å². The van der Waals surface area contributed by atoms with E-state index >= 15 is 0 Å². The van der Waals surface area contributed by atoms with Crippen molar-refractivity contribution in [2.45, 2.75) is 6.42 Å². The van der Waals surface area contributed by atoms with Crippen LogP contribution in [0.1, 0.15) is 11.1 Å². The van der Waals surface area contributed by atoms with E-state index in [4.69, 9.17) is 0 Å². The highest BCUT2D eigenvalue weighted by atomic mass is 16.6. The minimum atomic E-state index is -1.23. The summed E-state index contributed by atoms with van der Waals surface area (Å²) in [6, 6.07) is 9.66. The Morgan fingerprint density at radius 1 is 1.04 bits per heavy atom. The predicted octanol–water partition coefficient (Wildman–Crippen LogP) is 1.69. The molecule has 0 bridgehead atoms. The number of fused-ring (bicyclic) bond motifs is 2. The van der Waals surface area contributed by atoms with Crippen LogP contribution in [0.2, 0.25) is 0 Å². The number of hydrogen-bond donors (Lipinski definition) is 0. The molecule has 25 heavy (non-hydrogen) atoms. The lowest BCUT2D eigenvalue weighted by Gasteiger charge is -2.15. The van der Waals surface area contributed by atoms with Gasteiger partial charge >= 0.3 is 11.4 Å². The third-order valence-corrected chi connectivity index (χ3v) is 3.99. The van der Waals surface area contributed by atoms with Gasteiger partial charge in [0.1, 0.15) is 17.7 Å². The standard InChI is InChI=1S/C16H6N4O5/c17-6-9(7-18)12-13-10-4-2-1-3-8(10)5-11(13)16(21)15(20(24)25)14(12)19(22)23/h1-4H,5H2. The zero-order valence-corrected chi connectivity index (χ0v) is 12.3. The van der Waals surface area contributed by atoms with Gasteiger partial charge in [0, 0.05) is 17.6 Å². The molecule has 0 radical (unpaired) electrons. The van der Waals surface area contributed by atoms with Crippen molar-refractivity contribution in [3.05, 3.63) is 83.7 Å². The SMILES string of the molecule is N#CC(C#N)=C1C2=C(Cc3ccccc32)C(=O)C([N+](=O)[O-])=C1[N+](=O)[O-]. The van der Waals surface area contributed by atoms with Crippen molar-refractivity contribution >= 4 is 11.4 Å². The second kappa shape index (κ2) is 5.51. The highest BCUT2D eigenvalue weighted by Gasteiger charge is 2.50. The predicted molar refractivity (Wildman–Crippen MR) is 81.3 cm³/mol. The molecule has 9 heteroatoms. The molecular formula is C16H6N4O5. The fourth-order valence-corrected chi connectivity index (χ4v) is 3.05. The van der Waals surface area contributed by atoms with Crippen LogP contribution < -0.4 is 0 Å². The highest BCUT2D eigenvalue weighted by Crippen LogP contribution is 2.46. The number of carbonyl (C=O) groups excluding carboxylic acids is 1. The monoisotopic (exact) mass is 334 g/mol. The van der Waals surface area contributed by atoms with Crippen LogP contribution in [0.25, 0.3) is 5.57 Å². The number of Topliss-reactive ketones (excluding diaryl/α,β-unsaturated/α-hetero) is 1. The van der Waals surface area contributed by atoms with Gasteiger partial charge in [-0.15, -0.1) is 0 Å². The molecule has 0 N–H and O–H groups in total. The number of nitro groups is 2. The van der Waals surface area contributed by atoms with Gasteiger partial charge in [0.05, 0.1) is 15.4 Å². The molecule has 9 nitrogen and oxygen atoms in total. The van der Waals surface area contributed by atoms with Crippen LogP contribution in [0.3, 0.4) is 0 Å². The molecule has 0 heterocycles. The number of hydrogen-bond acceptors (Lipinski definition) is 7. The summed E-state index contributed by atoms with van der Waals surface area (Å²) in [5, 5.41) is 41.1. The van der Waals surface area contributed by atoms with Gasteiger partial charge in [-0.3, -0.25) is 25.0 Å². The quantitative estimate of drug-likeness (QED) is 0.453. The number of rotatable bonds is 2. The lowest BCUT2D eigenvalue weighted by Crippen LogP contribution is -2.25. The average Bonchev–Trinajstić information content (AvgIpc) is 2.96. The lowest BCUT2D eigenvalue weighted by molar-refractivity contribution is -0.463. The molecule has 0 amide bonds. The third-order valence-electron chi connectivity index (χ3n) is 3.99. The second-order valence-corrected chi connectivity index (χ2v) is 5.20. The first-order valence-corrected chi connectivity index (χ1v) is 6.86. The molecule has 0 unspecified atom stereocenters. The molecule has 0 aliphatic heterocycles. The average molecular weight is 334 g/mol. The van der Waals surface area contributed by atoms with Crippen LogP contribution in [0.5, 0.6) is 0 Å². The van der Waals surface area contributed by atoms with Crippen molar-refractivity contribution in [2.24, 2.45) is 0 Å². The van der Waals surface area contributed by atoms with E-state index in [1.54, 1.807) is 24.3 Å². The van der Waals surface area contributed by atoms with E-state index < -0.39 is 38.2 Å². The zero-order valence-electron chi connectivity index (χ0n) is 12.3. The summed E-state index contributed by atoms with van der Waals surface area (Å²) < 4.78 is 0. The Balaban J connectivity index is 2.48. The van der Waals surface area contributed by atoms with E-state index in [9.17, 15) is 35.5 Å². The van der Waals surface area contributed by atoms with Gasteiger partial charge < -0.3 is 0 Å². The lowest BCUT2D eigenvalue weighted by atomic mass is 9.85. The number of carbonyl (C=O) groups is 1. The van der Waals surface area contributed by atoms with Gasteiger partial charge in [0.2, 0.25) is 0 Å². The smallest absolute Gasteiger partial charge is 0.282 e. The van der Waals surface area contributed by atoms with Gasteiger partial charge in [-0.05, 0) is 11.1 Å². The van der Waals surface area contributed by atoms with Gasteiger partial charge in [-0.2, -0.15) is 10.5 Å². The molecule has 1 aromatic rings. The van der Waals surface area contributed by atoms with Crippen molar-refractivity contribution in [2.75, 3.05) is 0 Å². The normalized spacial score (nSPS) is 15.3. The molecule has 0 saturated carbocycles. The van der Waals surface area contributed by atoms with Gasteiger partial charge in [-0.25, -0.2) is 0 Å². The zero-order chi connectivity index (χ0) is 18.3. The molecule has 2 aliphatic carbocycles. The van der Waals surface area contributed by atoms with Crippen LogP contribution in [-0.2, 0) is 11.2 Å². The molecule has 3 rings (SSSR count). The van der Waals surface area contributed by atoms with Crippen LogP contribution in [0, 0.1) is 42.9 Å². The fourth-order valence-electron chi connectivity index (χ4n) is 3.05. The molecule has 0 saturated heterocycles. The van der Waals surface area contributed by atoms with Crippen LogP contribution in [-0.4, -0.2) is 15.6 Å². The summed E-state index contributed by atoms with van der Waals surface area (Å²) >= 11 is 0. The maximum atomic E-state index is 12.5. The van der Waals surface area contributed by atoms with E-state index in [2.05, 4.69) is 0 Å². The largest absolute Gasteiger partial charge is 0.393 e. The van der Waals surface area contributed by atoms with Gasteiger partial charge in [0.25, 0.3) is 5.78 Å². The number of benzene rings is 1. The van der Waals surface area contributed by atoms with E-state index in [0.717, 1.165) is 0 Å². The summed E-state index contributed by atoms with van der Waals surface area (Å²) in [6.07, 6.45) is 0.0420. The Morgan fingerprint density at radius 3 is 2.20 bits per heavy atom. The summed E-state index contributed by atoms with van der Waals surface area (Å²) in [5.74, 6) is -1.07. The summed E-state index contributed by atoms with van der Waals surface area (Å²) in [4.78, 5) is 33.1. The summed E-state index contributed by atoms with van der Waals surface area (Å²) in [5.41, 5.74) is -2.35. The van der Waals surface area contributed by atoms with Crippen molar-refractivity contribution in [1.82, 2.24) is 0 Å².